The van der Waals surface area contributed by atoms with E-state index in [0.29, 0.717) is 11.3 Å². The molecule has 20 heavy (non-hydrogen) atoms. The number of carbonyl (C=O) groups is 1. The van der Waals surface area contributed by atoms with Crippen LogP contribution in [0.3, 0.4) is 0 Å². The van der Waals surface area contributed by atoms with E-state index in [9.17, 15) is 4.79 Å². The van der Waals surface area contributed by atoms with Gasteiger partial charge in [-0.05, 0) is 18.2 Å². The lowest BCUT2D eigenvalue weighted by atomic mass is 10.1. The van der Waals surface area contributed by atoms with Gasteiger partial charge in [-0.2, -0.15) is 0 Å². The summed E-state index contributed by atoms with van der Waals surface area (Å²) in [6.07, 6.45) is 4.86. The summed E-state index contributed by atoms with van der Waals surface area (Å²) in [5, 5.41) is 0.817. The minimum absolute atomic E-state index is 0.0386. The van der Waals surface area contributed by atoms with Crippen LogP contribution in [-0.2, 0) is 0 Å². The molecule has 3 aromatic rings. The highest BCUT2D eigenvalue weighted by Crippen LogP contribution is 2.25. The smallest absolute Gasteiger partial charge is 0.321 e. The van der Waals surface area contributed by atoms with Crippen molar-refractivity contribution in [3.8, 4) is 11.8 Å². The number of nitrogens with zero attached hydrogens (tertiary/aromatic N) is 2. The van der Waals surface area contributed by atoms with Crippen LogP contribution in [0.1, 0.15) is 10.4 Å². The molecule has 1 N–H and O–H groups in total. The molecule has 1 aromatic carbocycles. The molecule has 2 heterocycles. The summed E-state index contributed by atoms with van der Waals surface area (Å²) < 4.78 is 5.53. The van der Waals surface area contributed by atoms with Gasteiger partial charge in [-0.3, -0.25) is 4.79 Å². The summed E-state index contributed by atoms with van der Waals surface area (Å²) in [6, 6.07) is 7.35. The van der Waals surface area contributed by atoms with E-state index in [1.54, 1.807) is 36.8 Å². The number of halogens is 1. The van der Waals surface area contributed by atoms with Crippen molar-refractivity contribution in [2.75, 3.05) is 5.88 Å². The first-order valence-electron chi connectivity index (χ1n) is 5.93. The van der Waals surface area contributed by atoms with Gasteiger partial charge < -0.3 is 9.72 Å². The van der Waals surface area contributed by atoms with E-state index < -0.39 is 0 Å². The molecule has 0 atom stereocenters. The average Bonchev–Trinajstić information content (AvgIpc) is 2.90. The highest BCUT2D eigenvalue weighted by atomic mass is 35.5. The molecule has 3 rings (SSSR count). The van der Waals surface area contributed by atoms with E-state index in [1.165, 1.54) is 0 Å². The van der Waals surface area contributed by atoms with Gasteiger partial charge in [0, 0.05) is 41.1 Å². The Morgan fingerprint density at radius 2 is 2.10 bits per heavy atom. The fourth-order valence-corrected chi connectivity index (χ4v) is 2.06. The Bertz CT molecular complexity index is 755. The maximum Gasteiger partial charge on any atom is 0.321 e. The van der Waals surface area contributed by atoms with Crippen LogP contribution in [0.15, 0.2) is 42.9 Å². The van der Waals surface area contributed by atoms with Crippen molar-refractivity contribution in [3.63, 3.8) is 0 Å². The Balaban J connectivity index is 1.94. The average molecular weight is 288 g/mol. The van der Waals surface area contributed by atoms with Gasteiger partial charge in [0.2, 0.25) is 0 Å². The Morgan fingerprint density at radius 1 is 1.30 bits per heavy atom. The summed E-state index contributed by atoms with van der Waals surface area (Å²) in [6.45, 7) is 0. The van der Waals surface area contributed by atoms with Crippen LogP contribution in [0, 0.1) is 0 Å². The summed E-state index contributed by atoms with van der Waals surface area (Å²) >= 11 is 5.58. The third-order valence-electron chi connectivity index (χ3n) is 2.83. The summed E-state index contributed by atoms with van der Waals surface area (Å²) in [4.78, 5) is 22.7. The van der Waals surface area contributed by atoms with Gasteiger partial charge in [0.1, 0.15) is 5.75 Å². The Labute approximate surface area is 119 Å². The van der Waals surface area contributed by atoms with Gasteiger partial charge in [0.25, 0.3) is 0 Å². The number of nitrogens with one attached hydrogen (secondary N) is 1. The quantitative estimate of drug-likeness (QED) is 0.591. The van der Waals surface area contributed by atoms with Crippen LogP contribution in [0.2, 0.25) is 0 Å². The third kappa shape index (κ3) is 2.35. The fourth-order valence-electron chi connectivity index (χ4n) is 1.92. The highest BCUT2D eigenvalue weighted by Gasteiger charge is 2.11. The van der Waals surface area contributed by atoms with Crippen molar-refractivity contribution in [1.29, 1.82) is 0 Å². The second kappa shape index (κ2) is 5.30. The number of ketones is 1. The van der Waals surface area contributed by atoms with E-state index in [2.05, 4.69) is 15.0 Å². The van der Waals surface area contributed by atoms with Crippen LogP contribution in [0.5, 0.6) is 11.8 Å². The van der Waals surface area contributed by atoms with Crippen molar-refractivity contribution in [1.82, 2.24) is 15.0 Å². The molecule has 100 valence electrons. The summed E-state index contributed by atoms with van der Waals surface area (Å²) in [7, 11) is 0. The van der Waals surface area contributed by atoms with E-state index in [-0.39, 0.29) is 17.7 Å². The predicted octanol–water partition coefficient (Wildman–Crippen LogP) is 3.17. The van der Waals surface area contributed by atoms with Gasteiger partial charge in [-0.1, -0.05) is 0 Å². The second-order valence-electron chi connectivity index (χ2n) is 4.10. The Kier molecular flexibility index (Phi) is 3.35. The lowest BCUT2D eigenvalue weighted by Gasteiger charge is -2.03. The zero-order valence-corrected chi connectivity index (χ0v) is 11.1. The van der Waals surface area contributed by atoms with Crippen LogP contribution in [0.4, 0.5) is 0 Å². The molecule has 6 heteroatoms. The number of aromatic nitrogens is 3. The molecule has 0 saturated heterocycles. The first-order chi connectivity index (χ1) is 9.78. The van der Waals surface area contributed by atoms with Crippen LogP contribution in [0.25, 0.3) is 10.9 Å². The van der Waals surface area contributed by atoms with E-state index in [0.717, 1.165) is 10.9 Å². The first-order valence-corrected chi connectivity index (χ1v) is 6.46. The monoisotopic (exact) mass is 287 g/mol. The van der Waals surface area contributed by atoms with Gasteiger partial charge in [-0.25, -0.2) is 9.97 Å². The zero-order chi connectivity index (χ0) is 13.9. The van der Waals surface area contributed by atoms with Gasteiger partial charge in [-0.15, -0.1) is 11.6 Å². The first kappa shape index (κ1) is 12.6. The molecule has 0 aliphatic carbocycles. The standard InChI is InChI=1S/C14H10ClN3O2/c15-7-13(19)11-8-18-12-6-9(2-3-10(11)12)20-14-16-4-1-5-17-14/h1-6,8,18H,7H2. The third-order valence-corrected chi connectivity index (χ3v) is 3.07. The Hall–Kier alpha value is -2.40. The number of carbonyl (C=O) groups excluding carboxylic acids is 1. The molecule has 0 radical (unpaired) electrons. The molecular formula is C14H10ClN3O2. The van der Waals surface area contributed by atoms with Crippen molar-refractivity contribution in [2.45, 2.75) is 0 Å². The number of hydrogen-bond donors (Lipinski definition) is 1. The molecule has 2 aromatic heterocycles. The Morgan fingerprint density at radius 3 is 2.85 bits per heavy atom. The van der Waals surface area contributed by atoms with Crippen molar-refractivity contribution in [2.24, 2.45) is 0 Å². The largest absolute Gasteiger partial charge is 0.424 e. The van der Waals surface area contributed by atoms with E-state index >= 15 is 0 Å². The van der Waals surface area contributed by atoms with Gasteiger partial charge >= 0.3 is 6.01 Å². The molecule has 0 amide bonds. The maximum absolute atomic E-state index is 11.7. The van der Waals surface area contributed by atoms with Gasteiger partial charge in [0.05, 0.1) is 5.88 Å². The number of alkyl halides is 1. The molecule has 0 unspecified atom stereocenters. The molecule has 0 aliphatic rings. The van der Waals surface area contributed by atoms with Crippen molar-refractivity contribution >= 4 is 28.3 Å². The second-order valence-corrected chi connectivity index (χ2v) is 4.37. The minimum Gasteiger partial charge on any atom is -0.424 e. The molecule has 0 saturated carbocycles. The number of ether oxygens (including phenoxy) is 1. The number of benzene rings is 1. The number of Topliss-reactive ketones (excluding diaryl/α,β-unsaturated/α-hetero) is 1. The number of fused-ring (bicyclic) bond motifs is 1. The lowest BCUT2D eigenvalue weighted by Crippen LogP contribution is -1.98. The highest BCUT2D eigenvalue weighted by molar-refractivity contribution is 6.32. The fraction of sp³-hybridized carbons (Fsp3) is 0.0714. The number of hydrogen-bond acceptors (Lipinski definition) is 4. The predicted molar refractivity (Wildman–Crippen MR) is 75.5 cm³/mol. The molecule has 0 aliphatic heterocycles. The molecule has 5 nitrogen and oxygen atoms in total. The summed E-state index contributed by atoms with van der Waals surface area (Å²) in [5.41, 5.74) is 1.38. The molecular weight excluding hydrogens is 278 g/mol. The lowest BCUT2D eigenvalue weighted by molar-refractivity contribution is 0.102. The number of aromatic amines is 1. The van der Waals surface area contributed by atoms with Crippen LogP contribution >= 0.6 is 11.6 Å². The topological polar surface area (TPSA) is 67.9 Å². The maximum atomic E-state index is 11.7. The number of rotatable bonds is 4. The van der Waals surface area contributed by atoms with Gasteiger partial charge in [0.15, 0.2) is 5.78 Å². The van der Waals surface area contributed by atoms with E-state index in [4.69, 9.17) is 16.3 Å². The van der Waals surface area contributed by atoms with E-state index in [1.807, 2.05) is 6.07 Å². The molecule has 0 spiro atoms. The van der Waals surface area contributed by atoms with Crippen molar-refractivity contribution < 1.29 is 9.53 Å². The zero-order valence-electron chi connectivity index (χ0n) is 10.3. The van der Waals surface area contributed by atoms with Crippen LogP contribution in [-0.4, -0.2) is 26.6 Å². The van der Waals surface area contributed by atoms with Crippen molar-refractivity contribution in [3.05, 3.63) is 48.4 Å². The summed E-state index contributed by atoms with van der Waals surface area (Å²) in [5.74, 6) is 0.441. The normalized spacial score (nSPS) is 10.7. The SMILES string of the molecule is O=C(CCl)c1c[nH]c2cc(Oc3ncccn3)ccc12. The minimum atomic E-state index is -0.113. The molecule has 0 fully saturated rings. The molecule has 0 bridgehead atoms. The van der Waals surface area contributed by atoms with Crippen LogP contribution < -0.4 is 4.74 Å². The number of H-pyrrole nitrogens is 1.